The molecule has 0 spiro atoms. The molecule has 0 radical (unpaired) electrons. The summed E-state index contributed by atoms with van der Waals surface area (Å²) in [6.45, 7) is 11.9. The maximum Gasteiger partial charge on any atom is 0.225 e. The lowest BCUT2D eigenvalue weighted by Gasteiger charge is -2.34. The first-order valence-electron chi connectivity index (χ1n) is 11.7. The predicted octanol–water partition coefficient (Wildman–Crippen LogP) is 2.35. The van der Waals surface area contributed by atoms with Crippen LogP contribution in [0.15, 0.2) is 30.3 Å². The topological polar surface area (TPSA) is 55.9 Å². The fourth-order valence-corrected chi connectivity index (χ4v) is 4.66. The largest absolute Gasteiger partial charge is 0.356 e. The normalized spacial score (nSPS) is 20.8. The minimum Gasteiger partial charge on any atom is -0.356 e. The summed E-state index contributed by atoms with van der Waals surface area (Å²) in [5.41, 5.74) is 1.38. The summed E-state index contributed by atoms with van der Waals surface area (Å²) in [5.74, 6) is 0.00124. The van der Waals surface area contributed by atoms with Crippen molar-refractivity contribution in [3.63, 3.8) is 0 Å². The number of carbonyl (C=O) groups is 2. The monoisotopic (exact) mass is 414 g/mol. The maximum atomic E-state index is 12.5. The van der Waals surface area contributed by atoms with Crippen LogP contribution in [0.4, 0.5) is 0 Å². The van der Waals surface area contributed by atoms with Gasteiger partial charge >= 0.3 is 0 Å². The van der Waals surface area contributed by atoms with Crippen LogP contribution in [0.3, 0.4) is 0 Å². The van der Waals surface area contributed by atoms with Crippen molar-refractivity contribution in [2.45, 2.75) is 52.1 Å². The Morgan fingerprint density at radius 2 is 1.73 bits per heavy atom. The van der Waals surface area contributed by atoms with Crippen LogP contribution in [-0.2, 0) is 16.1 Å². The summed E-state index contributed by atoms with van der Waals surface area (Å²) in [6, 6.07) is 10.9. The van der Waals surface area contributed by atoms with Crippen molar-refractivity contribution in [3.05, 3.63) is 35.9 Å². The van der Waals surface area contributed by atoms with Crippen LogP contribution in [0.5, 0.6) is 0 Å². The average Bonchev–Trinajstić information content (AvgIpc) is 3.15. The molecule has 1 N–H and O–H groups in total. The number of likely N-dealkylation sites (tertiary alicyclic amines) is 1. The van der Waals surface area contributed by atoms with Crippen LogP contribution >= 0.6 is 0 Å². The Morgan fingerprint density at radius 1 is 1.07 bits per heavy atom. The number of piperazine rings is 1. The van der Waals surface area contributed by atoms with Crippen LogP contribution in [0.1, 0.15) is 45.1 Å². The van der Waals surface area contributed by atoms with Crippen molar-refractivity contribution in [3.8, 4) is 0 Å². The zero-order valence-corrected chi connectivity index (χ0v) is 18.7. The minimum atomic E-state index is -0.181. The second-order valence-corrected chi connectivity index (χ2v) is 8.67. The Labute approximate surface area is 181 Å². The third-order valence-corrected chi connectivity index (χ3v) is 6.58. The molecule has 166 valence electrons. The van der Waals surface area contributed by atoms with E-state index >= 15 is 0 Å². The number of amides is 2. The van der Waals surface area contributed by atoms with Gasteiger partial charge in [0.15, 0.2) is 0 Å². The van der Waals surface area contributed by atoms with E-state index in [0.717, 1.165) is 58.5 Å². The number of nitrogens with one attached hydrogen (secondary N) is 1. The van der Waals surface area contributed by atoms with Crippen molar-refractivity contribution in [1.29, 1.82) is 0 Å². The van der Waals surface area contributed by atoms with Gasteiger partial charge in [-0.15, -0.1) is 0 Å². The molecule has 0 aliphatic carbocycles. The van der Waals surface area contributed by atoms with E-state index in [0.29, 0.717) is 19.5 Å². The van der Waals surface area contributed by atoms with Crippen molar-refractivity contribution in [2.24, 2.45) is 5.92 Å². The first kappa shape index (κ1) is 22.8. The molecule has 2 aliphatic rings. The van der Waals surface area contributed by atoms with Gasteiger partial charge in [0, 0.05) is 58.3 Å². The molecule has 2 saturated heterocycles. The van der Waals surface area contributed by atoms with Crippen LogP contribution in [-0.4, -0.2) is 78.4 Å². The van der Waals surface area contributed by atoms with E-state index in [1.807, 2.05) is 4.90 Å². The lowest BCUT2D eigenvalue weighted by molar-refractivity contribution is -0.130. The number of hydrogen-bond acceptors (Lipinski definition) is 4. The highest BCUT2D eigenvalue weighted by Crippen LogP contribution is 2.23. The van der Waals surface area contributed by atoms with E-state index in [4.69, 9.17) is 0 Å². The van der Waals surface area contributed by atoms with Gasteiger partial charge in [-0.05, 0) is 31.4 Å². The molecule has 2 heterocycles. The van der Waals surface area contributed by atoms with Crippen LogP contribution in [0.2, 0.25) is 0 Å². The Morgan fingerprint density at radius 3 is 2.40 bits per heavy atom. The molecule has 1 aromatic rings. The highest BCUT2D eigenvalue weighted by atomic mass is 16.2. The molecule has 1 aromatic carbocycles. The second kappa shape index (κ2) is 11.5. The molecule has 0 aromatic heterocycles. The van der Waals surface area contributed by atoms with Gasteiger partial charge in [-0.1, -0.05) is 44.2 Å². The zero-order valence-electron chi connectivity index (χ0n) is 18.7. The quantitative estimate of drug-likeness (QED) is 0.597. The standard InChI is InChI=1S/C24H38N4O2/c1-3-22(4-2)28-19-21(17-23(28)29)24(30)25-11-8-12-26-13-15-27(16-14-26)18-20-9-6-5-7-10-20/h5-7,9-10,21-22H,3-4,8,11-19H2,1-2H3,(H,25,30). The molecular formula is C24H38N4O2. The van der Waals surface area contributed by atoms with Gasteiger partial charge < -0.3 is 15.1 Å². The number of hydrogen-bond donors (Lipinski definition) is 1. The van der Waals surface area contributed by atoms with Gasteiger partial charge in [-0.3, -0.25) is 14.5 Å². The van der Waals surface area contributed by atoms with E-state index in [-0.39, 0.29) is 23.8 Å². The van der Waals surface area contributed by atoms with Gasteiger partial charge in [-0.25, -0.2) is 0 Å². The zero-order chi connectivity index (χ0) is 21.3. The SMILES string of the molecule is CCC(CC)N1CC(C(=O)NCCCN2CCN(Cc3ccccc3)CC2)CC1=O. The molecule has 6 nitrogen and oxygen atoms in total. The van der Waals surface area contributed by atoms with Gasteiger partial charge in [0.2, 0.25) is 11.8 Å². The number of carbonyl (C=O) groups excluding carboxylic acids is 2. The fraction of sp³-hybridized carbons (Fsp3) is 0.667. The summed E-state index contributed by atoms with van der Waals surface area (Å²) in [7, 11) is 0. The van der Waals surface area contributed by atoms with E-state index in [1.165, 1.54) is 5.56 Å². The molecule has 2 fully saturated rings. The third kappa shape index (κ3) is 6.29. The third-order valence-electron chi connectivity index (χ3n) is 6.58. The van der Waals surface area contributed by atoms with Gasteiger partial charge in [0.05, 0.1) is 5.92 Å². The highest BCUT2D eigenvalue weighted by molar-refractivity contribution is 5.89. The Hall–Kier alpha value is -1.92. The number of nitrogens with zero attached hydrogens (tertiary/aromatic N) is 3. The Bertz CT molecular complexity index is 669. The summed E-state index contributed by atoms with van der Waals surface area (Å²) >= 11 is 0. The minimum absolute atomic E-state index is 0.0458. The number of rotatable bonds is 10. The molecule has 0 saturated carbocycles. The smallest absolute Gasteiger partial charge is 0.225 e. The lowest BCUT2D eigenvalue weighted by Crippen LogP contribution is -2.46. The average molecular weight is 415 g/mol. The van der Waals surface area contributed by atoms with Crippen molar-refractivity contribution < 1.29 is 9.59 Å². The van der Waals surface area contributed by atoms with Crippen LogP contribution < -0.4 is 5.32 Å². The summed E-state index contributed by atoms with van der Waals surface area (Å²) < 4.78 is 0. The summed E-state index contributed by atoms with van der Waals surface area (Å²) in [6.07, 6.45) is 3.23. The molecule has 30 heavy (non-hydrogen) atoms. The highest BCUT2D eigenvalue weighted by Gasteiger charge is 2.36. The summed E-state index contributed by atoms with van der Waals surface area (Å²) in [4.78, 5) is 31.7. The second-order valence-electron chi connectivity index (χ2n) is 8.67. The lowest BCUT2D eigenvalue weighted by atomic mass is 10.1. The fourth-order valence-electron chi connectivity index (χ4n) is 4.66. The number of benzene rings is 1. The molecule has 3 rings (SSSR count). The van der Waals surface area contributed by atoms with Crippen LogP contribution in [0.25, 0.3) is 0 Å². The summed E-state index contributed by atoms with van der Waals surface area (Å²) in [5, 5.41) is 3.07. The molecule has 2 amide bonds. The first-order valence-corrected chi connectivity index (χ1v) is 11.7. The molecule has 1 unspecified atom stereocenters. The molecule has 2 aliphatic heterocycles. The van der Waals surface area contributed by atoms with Crippen molar-refractivity contribution in [2.75, 3.05) is 45.8 Å². The van der Waals surface area contributed by atoms with Crippen molar-refractivity contribution >= 4 is 11.8 Å². The van der Waals surface area contributed by atoms with E-state index in [2.05, 4.69) is 59.3 Å². The van der Waals surface area contributed by atoms with Crippen LogP contribution in [0, 0.1) is 5.92 Å². The predicted molar refractivity (Wildman–Crippen MR) is 120 cm³/mol. The van der Waals surface area contributed by atoms with Gasteiger partial charge in [0.25, 0.3) is 0 Å². The Kier molecular flexibility index (Phi) is 8.70. The van der Waals surface area contributed by atoms with Gasteiger partial charge in [0.1, 0.15) is 0 Å². The molecule has 6 heteroatoms. The van der Waals surface area contributed by atoms with E-state index < -0.39 is 0 Å². The Balaban J connectivity index is 1.29. The first-order chi connectivity index (χ1) is 14.6. The molecule has 0 bridgehead atoms. The van der Waals surface area contributed by atoms with Gasteiger partial charge in [-0.2, -0.15) is 0 Å². The van der Waals surface area contributed by atoms with E-state index in [1.54, 1.807) is 0 Å². The molecule has 1 atom stereocenters. The maximum absolute atomic E-state index is 12.5. The van der Waals surface area contributed by atoms with E-state index in [9.17, 15) is 9.59 Å². The molecular weight excluding hydrogens is 376 g/mol. The van der Waals surface area contributed by atoms with Crippen molar-refractivity contribution in [1.82, 2.24) is 20.0 Å².